The van der Waals surface area contributed by atoms with E-state index in [0.29, 0.717) is 31.8 Å². The van der Waals surface area contributed by atoms with Crippen molar-refractivity contribution >= 4 is 22.7 Å². The minimum atomic E-state index is -0.447. The molecule has 3 aromatic rings. The normalized spacial score (nSPS) is 15.8. The summed E-state index contributed by atoms with van der Waals surface area (Å²) in [6.07, 6.45) is 3.70. The molecule has 32 heavy (non-hydrogen) atoms. The molecule has 1 atom stereocenters. The Balaban J connectivity index is 1.53. The van der Waals surface area contributed by atoms with Crippen molar-refractivity contribution < 1.29 is 14.3 Å². The van der Waals surface area contributed by atoms with Crippen molar-refractivity contribution in [3.63, 3.8) is 0 Å². The number of ether oxygens (including phenoxy) is 1. The smallest absolute Gasteiger partial charge is 0.347 e. The molecule has 9 heteroatoms. The summed E-state index contributed by atoms with van der Waals surface area (Å²) in [6.45, 7) is 1.87. The maximum absolute atomic E-state index is 12.8. The average Bonchev–Trinajstić information content (AvgIpc) is 3.30. The molecule has 2 aromatic heterocycles. The molecule has 1 saturated heterocycles. The first kappa shape index (κ1) is 21.6. The zero-order chi connectivity index (χ0) is 22.5. The summed E-state index contributed by atoms with van der Waals surface area (Å²) in [5.41, 5.74) is 1.65. The van der Waals surface area contributed by atoms with Gasteiger partial charge in [0, 0.05) is 56.1 Å². The summed E-state index contributed by atoms with van der Waals surface area (Å²) in [4.78, 5) is 47.5. The molecule has 1 N–H and O–H groups in total. The van der Waals surface area contributed by atoms with Crippen LogP contribution in [0.5, 0.6) is 0 Å². The number of aromatic nitrogens is 3. The second-order valence-electron chi connectivity index (χ2n) is 7.72. The molecular weight excluding hydrogens is 410 g/mol. The number of amides is 2. The van der Waals surface area contributed by atoms with E-state index < -0.39 is 5.69 Å². The number of methoxy groups -OCH3 is 1. The van der Waals surface area contributed by atoms with Crippen molar-refractivity contribution in [1.29, 1.82) is 0 Å². The summed E-state index contributed by atoms with van der Waals surface area (Å²) in [7, 11) is 1.59. The van der Waals surface area contributed by atoms with E-state index >= 15 is 0 Å². The first-order chi connectivity index (χ1) is 15.6. The molecule has 1 aliphatic rings. The number of carbonyl (C=O) groups excluding carboxylic acids is 2. The summed E-state index contributed by atoms with van der Waals surface area (Å²) < 4.78 is 6.31. The highest BCUT2D eigenvalue weighted by molar-refractivity contribution is 6.06. The topological polar surface area (TPSA) is 106 Å². The number of hydrogen-bond donors (Lipinski definition) is 1. The van der Waals surface area contributed by atoms with Crippen LogP contribution in [-0.4, -0.2) is 64.6 Å². The maximum atomic E-state index is 12.8. The van der Waals surface area contributed by atoms with Crippen LogP contribution in [-0.2, 0) is 16.1 Å². The van der Waals surface area contributed by atoms with Crippen molar-refractivity contribution in [2.24, 2.45) is 0 Å². The summed E-state index contributed by atoms with van der Waals surface area (Å²) in [6, 6.07) is 11.0. The van der Waals surface area contributed by atoms with E-state index in [1.54, 1.807) is 24.3 Å². The lowest BCUT2D eigenvalue weighted by atomic mass is 9.99. The molecule has 0 unspecified atom stereocenters. The number of nitrogens with one attached hydrogen (secondary N) is 1. The molecule has 1 fully saturated rings. The molecule has 4 rings (SSSR count). The zero-order valence-electron chi connectivity index (χ0n) is 17.9. The molecule has 0 aliphatic carbocycles. The van der Waals surface area contributed by atoms with Gasteiger partial charge in [0.05, 0.1) is 17.7 Å². The van der Waals surface area contributed by atoms with E-state index in [4.69, 9.17) is 9.72 Å². The fourth-order valence-electron chi connectivity index (χ4n) is 3.94. The summed E-state index contributed by atoms with van der Waals surface area (Å²) in [5, 5.41) is 3.66. The van der Waals surface area contributed by atoms with Gasteiger partial charge in [-0.05, 0) is 24.6 Å². The van der Waals surface area contributed by atoms with Gasteiger partial charge in [0.2, 0.25) is 5.91 Å². The number of fused-ring (bicyclic) bond motifs is 1. The highest BCUT2D eigenvalue weighted by Crippen LogP contribution is 2.29. The van der Waals surface area contributed by atoms with Gasteiger partial charge in [-0.2, -0.15) is 0 Å². The molecule has 2 amide bonds. The van der Waals surface area contributed by atoms with E-state index in [9.17, 15) is 14.4 Å². The largest absolute Gasteiger partial charge is 0.383 e. The Kier molecular flexibility index (Phi) is 6.55. The SMILES string of the molecule is COCCNC(=O)c1cc([C@@H]2CCN(C(=O)Cn3cccnc3=O)C2)nc2ccccc12. The Hall–Kier alpha value is -3.59. The van der Waals surface area contributed by atoms with E-state index in [0.717, 1.165) is 23.0 Å². The maximum Gasteiger partial charge on any atom is 0.347 e. The molecule has 0 radical (unpaired) electrons. The second-order valence-corrected chi connectivity index (χ2v) is 7.72. The number of pyridine rings is 1. The highest BCUT2D eigenvalue weighted by atomic mass is 16.5. The number of rotatable bonds is 7. The number of carbonyl (C=O) groups is 2. The van der Waals surface area contributed by atoms with Crippen LogP contribution in [0.3, 0.4) is 0 Å². The van der Waals surface area contributed by atoms with Gasteiger partial charge >= 0.3 is 5.69 Å². The van der Waals surface area contributed by atoms with E-state index in [1.165, 1.54) is 10.8 Å². The van der Waals surface area contributed by atoms with Crippen molar-refractivity contribution in [2.45, 2.75) is 18.9 Å². The van der Waals surface area contributed by atoms with Crippen LogP contribution in [0.1, 0.15) is 28.4 Å². The first-order valence-electron chi connectivity index (χ1n) is 10.5. The van der Waals surface area contributed by atoms with Gasteiger partial charge in [0.1, 0.15) is 6.54 Å². The van der Waals surface area contributed by atoms with Gasteiger partial charge in [-0.1, -0.05) is 18.2 Å². The van der Waals surface area contributed by atoms with Crippen molar-refractivity contribution in [2.75, 3.05) is 33.4 Å². The molecule has 1 aliphatic heterocycles. The third-order valence-electron chi connectivity index (χ3n) is 5.62. The van der Waals surface area contributed by atoms with Crippen LogP contribution in [0, 0.1) is 0 Å². The lowest BCUT2D eigenvalue weighted by Gasteiger charge is -2.18. The molecule has 3 heterocycles. The molecular formula is C23H25N5O4. The number of para-hydroxylation sites is 1. The fraction of sp³-hybridized carbons (Fsp3) is 0.348. The van der Waals surface area contributed by atoms with Crippen molar-refractivity contribution in [1.82, 2.24) is 24.8 Å². The second kappa shape index (κ2) is 9.69. The Labute approximate surface area is 185 Å². The molecule has 0 saturated carbocycles. The number of likely N-dealkylation sites (tertiary alicyclic amines) is 1. The monoisotopic (exact) mass is 435 g/mol. The summed E-state index contributed by atoms with van der Waals surface area (Å²) >= 11 is 0. The summed E-state index contributed by atoms with van der Waals surface area (Å²) in [5.74, 6) is -0.301. The first-order valence-corrected chi connectivity index (χ1v) is 10.5. The minimum absolute atomic E-state index is 0.0136. The van der Waals surface area contributed by atoms with Crippen LogP contribution in [0.4, 0.5) is 0 Å². The van der Waals surface area contributed by atoms with E-state index in [-0.39, 0.29) is 24.3 Å². The highest BCUT2D eigenvalue weighted by Gasteiger charge is 2.29. The Bertz CT molecular complexity index is 1190. The van der Waals surface area contributed by atoms with Crippen LogP contribution in [0.25, 0.3) is 10.9 Å². The van der Waals surface area contributed by atoms with Gasteiger partial charge < -0.3 is 15.0 Å². The number of hydrogen-bond acceptors (Lipinski definition) is 6. The average molecular weight is 435 g/mol. The Morgan fingerprint density at radius 2 is 2.09 bits per heavy atom. The van der Waals surface area contributed by atoms with Gasteiger partial charge in [0.15, 0.2) is 0 Å². The predicted molar refractivity (Wildman–Crippen MR) is 118 cm³/mol. The van der Waals surface area contributed by atoms with Crippen molar-refractivity contribution in [3.8, 4) is 0 Å². The van der Waals surface area contributed by atoms with Crippen molar-refractivity contribution in [3.05, 3.63) is 70.5 Å². The lowest BCUT2D eigenvalue weighted by molar-refractivity contribution is -0.130. The standard InChI is InChI=1S/C23H25N5O4/c1-32-12-9-24-22(30)18-13-20(26-19-6-3-2-5-17(18)19)16-7-11-27(14-16)21(29)15-28-10-4-8-25-23(28)31/h2-6,8,10,13,16H,7,9,11-12,14-15H2,1H3,(H,24,30)/t16-/m1/s1. The Morgan fingerprint density at radius 1 is 1.25 bits per heavy atom. The minimum Gasteiger partial charge on any atom is -0.383 e. The molecule has 9 nitrogen and oxygen atoms in total. The molecule has 0 spiro atoms. The molecule has 166 valence electrons. The molecule has 0 bridgehead atoms. The quantitative estimate of drug-likeness (QED) is 0.559. The third kappa shape index (κ3) is 4.67. The van der Waals surface area contributed by atoms with Gasteiger partial charge in [-0.15, -0.1) is 0 Å². The fourth-order valence-corrected chi connectivity index (χ4v) is 3.94. The van der Waals surface area contributed by atoms with Crippen LogP contribution in [0.15, 0.2) is 53.6 Å². The van der Waals surface area contributed by atoms with Crippen LogP contribution >= 0.6 is 0 Å². The van der Waals surface area contributed by atoms with Gasteiger partial charge in [0.25, 0.3) is 5.91 Å². The predicted octanol–water partition coefficient (Wildman–Crippen LogP) is 1.18. The third-order valence-corrected chi connectivity index (χ3v) is 5.62. The lowest BCUT2D eigenvalue weighted by Crippen LogP contribution is -2.35. The van der Waals surface area contributed by atoms with Gasteiger partial charge in [-0.3, -0.25) is 19.1 Å². The molecule has 1 aromatic carbocycles. The van der Waals surface area contributed by atoms with E-state index in [2.05, 4.69) is 10.3 Å². The van der Waals surface area contributed by atoms with E-state index in [1.807, 2.05) is 30.3 Å². The number of nitrogens with zero attached hydrogens (tertiary/aromatic N) is 4. The number of benzene rings is 1. The zero-order valence-corrected chi connectivity index (χ0v) is 17.9. The van der Waals surface area contributed by atoms with Gasteiger partial charge in [-0.25, -0.2) is 9.78 Å². The Morgan fingerprint density at radius 3 is 2.91 bits per heavy atom. The van der Waals surface area contributed by atoms with Crippen LogP contribution in [0.2, 0.25) is 0 Å². The van der Waals surface area contributed by atoms with Crippen LogP contribution < -0.4 is 11.0 Å².